The lowest BCUT2D eigenvalue weighted by molar-refractivity contribution is -0.123. The lowest BCUT2D eigenvalue weighted by Gasteiger charge is -2.42. The molecule has 0 radical (unpaired) electrons. The van der Waals surface area contributed by atoms with Gasteiger partial charge in [-0.25, -0.2) is 0 Å². The molecule has 6 heteroatoms. The first-order valence-corrected chi connectivity index (χ1v) is 8.28. The van der Waals surface area contributed by atoms with Gasteiger partial charge < -0.3 is 14.7 Å². The Morgan fingerprint density at radius 3 is 2.92 bits per heavy atom. The molecule has 1 aromatic carbocycles. The highest BCUT2D eigenvalue weighted by molar-refractivity contribution is 5.95. The number of carbonyl (C=O) groups is 1. The zero-order chi connectivity index (χ0) is 17.0. The molecule has 1 atom stereocenters. The predicted octanol–water partition coefficient (Wildman–Crippen LogP) is 1.42. The number of nitrogens with zero attached hydrogens (tertiary/aromatic N) is 2. The number of aromatic amines is 1. The van der Waals surface area contributed by atoms with Crippen LogP contribution in [0.2, 0.25) is 0 Å². The van der Waals surface area contributed by atoms with Gasteiger partial charge in [0.1, 0.15) is 5.60 Å². The number of hydrogen-bond donors (Lipinski definition) is 2. The van der Waals surface area contributed by atoms with Crippen LogP contribution in [-0.4, -0.2) is 58.0 Å². The normalized spacial score (nSPS) is 21.0. The van der Waals surface area contributed by atoms with Crippen molar-refractivity contribution in [3.05, 3.63) is 53.3 Å². The fourth-order valence-electron chi connectivity index (χ4n) is 3.18. The van der Waals surface area contributed by atoms with Crippen molar-refractivity contribution in [2.45, 2.75) is 25.4 Å². The minimum Gasteiger partial charge on any atom is -0.393 e. The van der Waals surface area contributed by atoms with E-state index in [2.05, 4.69) is 10.2 Å². The van der Waals surface area contributed by atoms with Crippen molar-refractivity contribution < 1.29 is 14.6 Å². The van der Waals surface area contributed by atoms with Crippen LogP contribution < -0.4 is 0 Å². The van der Waals surface area contributed by atoms with Gasteiger partial charge in [-0.2, -0.15) is 5.10 Å². The van der Waals surface area contributed by atoms with E-state index >= 15 is 0 Å². The molecular weight excluding hydrogens is 306 g/mol. The fraction of sp³-hybridized carbons (Fsp3) is 0.444. The summed E-state index contributed by atoms with van der Waals surface area (Å²) < 4.78 is 5.91. The van der Waals surface area contributed by atoms with Crippen LogP contribution in [0, 0.1) is 0 Å². The summed E-state index contributed by atoms with van der Waals surface area (Å²) in [5.74, 6) is -0.0604. The number of aliphatic hydroxyl groups is 1. The van der Waals surface area contributed by atoms with Crippen molar-refractivity contribution in [1.29, 1.82) is 0 Å². The topological polar surface area (TPSA) is 78.5 Å². The van der Waals surface area contributed by atoms with E-state index in [-0.39, 0.29) is 12.5 Å². The van der Waals surface area contributed by atoms with Gasteiger partial charge in [0.25, 0.3) is 5.91 Å². The number of benzene rings is 1. The van der Waals surface area contributed by atoms with Crippen molar-refractivity contribution in [3.8, 4) is 0 Å². The highest BCUT2D eigenvalue weighted by Crippen LogP contribution is 2.24. The van der Waals surface area contributed by atoms with Gasteiger partial charge in [0, 0.05) is 18.7 Å². The molecule has 2 aromatic rings. The van der Waals surface area contributed by atoms with Gasteiger partial charge in [-0.1, -0.05) is 37.3 Å². The number of aryl methyl sites for hydroxylation is 1. The van der Waals surface area contributed by atoms with E-state index in [9.17, 15) is 9.90 Å². The first-order chi connectivity index (χ1) is 11.7. The Morgan fingerprint density at radius 1 is 1.42 bits per heavy atom. The van der Waals surface area contributed by atoms with Gasteiger partial charge in [0.05, 0.1) is 31.5 Å². The van der Waals surface area contributed by atoms with E-state index in [0.29, 0.717) is 31.7 Å². The number of rotatable bonds is 5. The summed E-state index contributed by atoms with van der Waals surface area (Å²) in [4.78, 5) is 14.6. The molecule has 0 aliphatic carbocycles. The fourth-order valence-corrected chi connectivity index (χ4v) is 3.18. The molecule has 0 spiro atoms. The minimum atomic E-state index is -0.759. The number of aromatic nitrogens is 2. The second-order valence-corrected chi connectivity index (χ2v) is 6.19. The number of nitrogens with one attached hydrogen (secondary N) is 1. The summed E-state index contributed by atoms with van der Waals surface area (Å²) in [6.45, 7) is 3.16. The maximum atomic E-state index is 12.8. The van der Waals surface area contributed by atoms with Crippen LogP contribution >= 0.6 is 0 Å². The second kappa shape index (κ2) is 7.15. The van der Waals surface area contributed by atoms with Gasteiger partial charge in [0.2, 0.25) is 0 Å². The molecule has 1 amide bonds. The molecule has 1 aliphatic rings. The molecular formula is C18H23N3O3. The minimum absolute atomic E-state index is 0.0604. The number of hydrogen-bond acceptors (Lipinski definition) is 4. The third-order valence-electron chi connectivity index (χ3n) is 4.50. The Morgan fingerprint density at radius 2 is 2.21 bits per heavy atom. The largest absolute Gasteiger partial charge is 0.393 e. The summed E-state index contributed by atoms with van der Waals surface area (Å²) >= 11 is 0. The Hall–Kier alpha value is -2.18. The molecule has 24 heavy (non-hydrogen) atoms. The number of aliphatic hydroxyl groups excluding tert-OH is 1. The molecule has 1 fully saturated rings. The quantitative estimate of drug-likeness (QED) is 0.869. The van der Waals surface area contributed by atoms with Crippen molar-refractivity contribution in [2.24, 2.45) is 0 Å². The summed E-state index contributed by atoms with van der Waals surface area (Å²) in [6.07, 6.45) is 2.87. The van der Waals surface area contributed by atoms with Crippen LogP contribution in [-0.2, 0) is 17.6 Å². The molecule has 128 valence electrons. The van der Waals surface area contributed by atoms with Crippen LogP contribution in [0.4, 0.5) is 0 Å². The standard InChI is InChI=1S/C18H23N3O3/c1-2-16-15(11-19-20-16)17(23)21-8-9-24-18(12-21,13-22)10-14-6-4-3-5-7-14/h3-7,11,22H,2,8-10,12-13H2,1H3,(H,19,20)/t18-/m0/s1. The van der Waals surface area contributed by atoms with E-state index in [4.69, 9.17) is 4.74 Å². The number of morpholine rings is 1. The Bertz CT molecular complexity index is 686. The highest BCUT2D eigenvalue weighted by Gasteiger charge is 2.38. The maximum Gasteiger partial charge on any atom is 0.257 e. The average molecular weight is 329 g/mol. The first-order valence-electron chi connectivity index (χ1n) is 8.28. The Balaban J connectivity index is 1.78. The molecule has 0 bridgehead atoms. The smallest absolute Gasteiger partial charge is 0.257 e. The number of H-pyrrole nitrogens is 1. The summed E-state index contributed by atoms with van der Waals surface area (Å²) in [6, 6.07) is 9.90. The van der Waals surface area contributed by atoms with Gasteiger partial charge in [-0.05, 0) is 12.0 Å². The van der Waals surface area contributed by atoms with Crippen LogP contribution in [0.5, 0.6) is 0 Å². The van der Waals surface area contributed by atoms with Crippen LogP contribution in [0.3, 0.4) is 0 Å². The van der Waals surface area contributed by atoms with Gasteiger partial charge in [-0.15, -0.1) is 0 Å². The molecule has 6 nitrogen and oxygen atoms in total. The van der Waals surface area contributed by atoms with Crippen molar-refractivity contribution in [1.82, 2.24) is 15.1 Å². The van der Waals surface area contributed by atoms with Crippen LogP contribution in [0.1, 0.15) is 28.5 Å². The second-order valence-electron chi connectivity index (χ2n) is 6.19. The van der Waals surface area contributed by atoms with Gasteiger partial charge >= 0.3 is 0 Å². The van der Waals surface area contributed by atoms with Gasteiger partial charge in [-0.3, -0.25) is 9.89 Å². The predicted molar refractivity (Wildman–Crippen MR) is 89.8 cm³/mol. The Kier molecular flexibility index (Phi) is 4.97. The van der Waals surface area contributed by atoms with E-state index in [0.717, 1.165) is 17.7 Å². The van der Waals surface area contributed by atoms with E-state index in [1.165, 1.54) is 0 Å². The van der Waals surface area contributed by atoms with E-state index in [1.54, 1.807) is 11.1 Å². The number of ether oxygens (including phenoxy) is 1. The SMILES string of the molecule is CCc1[nH]ncc1C(=O)N1CCO[C@@](CO)(Cc2ccccc2)C1. The third-order valence-corrected chi connectivity index (χ3v) is 4.50. The zero-order valence-corrected chi connectivity index (χ0v) is 13.9. The van der Waals surface area contributed by atoms with E-state index < -0.39 is 5.60 Å². The van der Waals surface area contributed by atoms with Crippen LogP contribution in [0.15, 0.2) is 36.5 Å². The summed E-state index contributed by atoms with van der Waals surface area (Å²) in [5.41, 5.74) is 1.76. The van der Waals surface area contributed by atoms with Crippen molar-refractivity contribution in [2.75, 3.05) is 26.3 Å². The molecule has 1 aliphatic heterocycles. The zero-order valence-electron chi connectivity index (χ0n) is 13.9. The Labute approximate surface area is 141 Å². The monoisotopic (exact) mass is 329 g/mol. The lowest BCUT2D eigenvalue weighted by Crippen LogP contribution is -2.56. The maximum absolute atomic E-state index is 12.8. The number of carbonyl (C=O) groups excluding carboxylic acids is 1. The molecule has 1 aromatic heterocycles. The number of amides is 1. The van der Waals surface area contributed by atoms with Crippen molar-refractivity contribution in [3.63, 3.8) is 0 Å². The molecule has 3 rings (SSSR count). The molecule has 1 saturated heterocycles. The first kappa shape index (κ1) is 16.7. The molecule has 2 N–H and O–H groups in total. The van der Waals surface area contributed by atoms with Gasteiger partial charge in [0.15, 0.2) is 0 Å². The molecule has 0 unspecified atom stereocenters. The summed E-state index contributed by atoms with van der Waals surface area (Å²) in [5, 5.41) is 16.8. The highest BCUT2D eigenvalue weighted by atomic mass is 16.5. The lowest BCUT2D eigenvalue weighted by atomic mass is 9.93. The average Bonchev–Trinajstić information content (AvgIpc) is 3.11. The summed E-state index contributed by atoms with van der Waals surface area (Å²) in [7, 11) is 0. The van der Waals surface area contributed by atoms with Crippen LogP contribution in [0.25, 0.3) is 0 Å². The van der Waals surface area contributed by atoms with E-state index in [1.807, 2.05) is 37.3 Å². The van der Waals surface area contributed by atoms with Crippen molar-refractivity contribution >= 4 is 5.91 Å². The third kappa shape index (κ3) is 3.34. The molecule has 2 heterocycles. The molecule has 0 saturated carbocycles.